The van der Waals surface area contributed by atoms with Gasteiger partial charge in [0.15, 0.2) is 0 Å². The van der Waals surface area contributed by atoms with Crippen molar-refractivity contribution in [3.05, 3.63) is 43.0 Å². The number of hydrogen-bond acceptors (Lipinski definition) is 5. The first-order chi connectivity index (χ1) is 12.3. The van der Waals surface area contributed by atoms with Crippen molar-refractivity contribution in [1.82, 2.24) is 29.9 Å². The number of nitrogens with one attached hydrogen (secondary N) is 1. The summed E-state index contributed by atoms with van der Waals surface area (Å²) in [6, 6.07) is 9.82. The van der Waals surface area contributed by atoms with E-state index >= 15 is 0 Å². The summed E-state index contributed by atoms with van der Waals surface area (Å²) >= 11 is 0. The third-order valence-corrected chi connectivity index (χ3v) is 4.16. The largest absolute Gasteiger partial charge is 0.492 e. The molecule has 1 aromatic heterocycles. The lowest BCUT2D eigenvalue weighted by molar-refractivity contribution is 0.126. The lowest BCUT2D eigenvalue weighted by atomic mass is 10.3. The van der Waals surface area contributed by atoms with E-state index in [0.29, 0.717) is 19.7 Å². The minimum atomic E-state index is -0.0136. The summed E-state index contributed by atoms with van der Waals surface area (Å²) in [5, 5.41) is 6.93. The molecule has 0 spiro atoms. The van der Waals surface area contributed by atoms with Gasteiger partial charge in [-0.2, -0.15) is 5.10 Å². The van der Waals surface area contributed by atoms with Crippen LogP contribution in [0, 0.1) is 0 Å². The number of carbonyl (C=O) groups is 1. The van der Waals surface area contributed by atoms with Gasteiger partial charge in [-0.3, -0.25) is 9.58 Å². The average molecular weight is 344 g/mol. The number of piperazine rings is 1. The molecule has 1 aliphatic rings. The molecule has 2 aromatic rings. The summed E-state index contributed by atoms with van der Waals surface area (Å²) in [5.41, 5.74) is 0. The fraction of sp³-hybridized carbons (Fsp3) is 0.471. The number of benzene rings is 1. The third kappa shape index (κ3) is 5.46. The van der Waals surface area contributed by atoms with E-state index in [1.165, 1.54) is 6.33 Å². The zero-order valence-electron chi connectivity index (χ0n) is 14.3. The summed E-state index contributed by atoms with van der Waals surface area (Å²) in [6.07, 6.45) is 3.13. The Balaban J connectivity index is 1.29. The number of nitrogens with zero attached hydrogens (tertiary/aromatic N) is 5. The van der Waals surface area contributed by atoms with Crippen LogP contribution in [0.2, 0.25) is 0 Å². The molecule has 0 atom stereocenters. The van der Waals surface area contributed by atoms with Gasteiger partial charge < -0.3 is 15.0 Å². The highest BCUT2D eigenvalue weighted by Crippen LogP contribution is 2.08. The van der Waals surface area contributed by atoms with Crippen LogP contribution in [0.15, 0.2) is 43.0 Å². The number of ether oxygens (including phenoxy) is 1. The molecule has 2 heterocycles. The Morgan fingerprint density at radius 2 is 1.92 bits per heavy atom. The lowest BCUT2D eigenvalue weighted by Gasteiger charge is -2.34. The van der Waals surface area contributed by atoms with Crippen molar-refractivity contribution in [2.75, 3.05) is 45.9 Å². The molecule has 1 aliphatic heterocycles. The number of amides is 2. The zero-order chi connectivity index (χ0) is 17.3. The van der Waals surface area contributed by atoms with Crippen LogP contribution in [0.25, 0.3) is 0 Å². The van der Waals surface area contributed by atoms with Crippen LogP contribution in [-0.2, 0) is 6.54 Å². The third-order valence-electron chi connectivity index (χ3n) is 4.16. The van der Waals surface area contributed by atoms with Gasteiger partial charge in [0.2, 0.25) is 0 Å². The number of hydrogen-bond donors (Lipinski definition) is 1. The Morgan fingerprint density at radius 3 is 2.64 bits per heavy atom. The minimum absolute atomic E-state index is 0.0136. The monoisotopic (exact) mass is 344 g/mol. The second kappa shape index (κ2) is 9.03. The number of para-hydroxylation sites is 1. The highest BCUT2D eigenvalue weighted by molar-refractivity contribution is 5.74. The van der Waals surface area contributed by atoms with E-state index < -0.39 is 0 Å². The highest BCUT2D eigenvalue weighted by atomic mass is 16.5. The Hall–Kier alpha value is -2.61. The molecule has 0 bridgehead atoms. The van der Waals surface area contributed by atoms with Crippen molar-refractivity contribution in [3.8, 4) is 5.75 Å². The topological polar surface area (TPSA) is 75.5 Å². The van der Waals surface area contributed by atoms with Crippen molar-refractivity contribution in [2.24, 2.45) is 0 Å². The quantitative estimate of drug-likeness (QED) is 0.800. The Morgan fingerprint density at radius 1 is 1.12 bits per heavy atom. The molecular weight excluding hydrogens is 320 g/mol. The van der Waals surface area contributed by atoms with Crippen molar-refractivity contribution in [3.63, 3.8) is 0 Å². The van der Waals surface area contributed by atoms with Crippen LogP contribution in [0.3, 0.4) is 0 Å². The lowest BCUT2D eigenvalue weighted by Crippen LogP contribution is -2.52. The number of rotatable bonds is 7. The van der Waals surface area contributed by atoms with Gasteiger partial charge in [0.1, 0.15) is 25.0 Å². The van der Waals surface area contributed by atoms with Gasteiger partial charge >= 0.3 is 6.03 Å². The van der Waals surface area contributed by atoms with E-state index in [0.717, 1.165) is 38.5 Å². The van der Waals surface area contributed by atoms with Crippen LogP contribution >= 0.6 is 0 Å². The first-order valence-corrected chi connectivity index (χ1v) is 8.56. The zero-order valence-corrected chi connectivity index (χ0v) is 14.3. The molecule has 25 heavy (non-hydrogen) atoms. The fourth-order valence-corrected chi connectivity index (χ4v) is 2.72. The molecule has 1 saturated heterocycles. The molecule has 1 fully saturated rings. The van der Waals surface area contributed by atoms with Crippen molar-refractivity contribution in [1.29, 1.82) is 0 Å². The van der Waals surface area contributed by atoms with Crippen LogP contribution in [-0.4, -0.2) is 76.5 Å². The van der Waals surface area contributed by atoms with Crippen molar-refractivity contribution >= 4 is 6.03 Å². The smallest absolute Gasteiger partial charge is 0.317 e. The first kappa shape index (κ1) is 17.2. The summed E-state index contributed by atoms with van der Waals surface area (Å²) in [6.45, 7) is 5.92. The van der Waals surface area contributed by atoms with Gasteiger partial charge in [0.25, 0.3) is 0 Å². The average Bonchev–Trinajstić information content (AvgIpc) is 3.16. The van der Waals surface area contributed by atoms with Gasteiger partial charge in [-0.1, -0.05) is 18.2 Å². The molecule has 3 rings (SSSR count). The van der Waals surface area contributed by atoms with E-state index in [2.05, 4.69) is 20.3 Å². The molecule has 1 aromatic carbocycles. The van der Waals surface area contributed by atoms with Gasteiger partial charge in [0, 0.05) is 39.3 Å². The molecule has 0 radical (unpaired) electrons. The van der Waals surface area contributed by atoms with Crippen LogP contribution in [0.4, 0.5) is 4.79 Å². The molecule has 0 aliphatic carbocycles. The summed E-state index contributed by atoms with van der Waals surface area (Å²) in [4.78, 5) is 20.2. The normalized spacial score (nSPS) is 15.1. The highest BCUT2D eigenvalue weighted by Gasteiger charge is 2.20. The second-order valence-electron chi connectivity index (χ2n) is 5.88. The van der Waals surface area contributed by atoms with Gasteiger partial charge in [0.05, 0.1) is 6.54 Å². The summed E-state index contributed by atoms with van der Waals surface area (Å²) in [7, 11) is 0. The van der Waals surface area contributed by atoms with Gasteiger partial charge in [-0.15, -0.1) is 0 Å². The molecule has 0 unspecified atom stereocenters. The first-order valence-electron chi connectivity index (χ1n) is 8.56. The van der Waals surface area contributed by atoms with Crippen LogP contribution in [0.1, 0.15) is 0 Å². The predicted octanol–water partition coefficient (Wildman–Crippen LogP) is 0.684. The van der Waals surface area contributed by atoms with Crippen LogP contribution in [0.5, 0.6) is 5.75 Å². The van der Waals surface area contributed by atoms with Gasteiger partial charge in [-0.25, -0.2) is 9.78 Å². The maximum absolute atomic E-state index is 12.2. The molecule has 1 N–H and O–H groups in total. The number of aromatic nitrogens is 3. The maximum Gasteiger partial charge on any atom is 0.317 e. The molecular formula is C17H24N6O2. The molecule has 0 saturated carbocycles. The molecule has 8 heteroatoms. The van der Waals surface area contributed by atoms with Crippen molar-refractivity contribution in [2.45, 2.75) is 6.54 Å². The van der Waals surface area contributed by atoms with Gasteiger partial charge in [-0.05, 0) is 12.1 Å². The number of carbonyl (C=O) groups excluding carboxylic acids is 1. The van der Waals surface area contributed by atoms with Crippen molar-refractivity contribution < 1.29 is 9.53 Å². The van der Waals surface area contributed by atoms with E-state index in [1.807, 2.05) is 35.2 Å². The van der Waals surface area contributed by atoms with E-state index in [-0.39, 0.29) is 6.03 Å². The maximum atomic E-state index is 12.2. The predicted molar refractivity (Wildman–Crippen MR) is 93.4 cm³/mol. The van der Waals surface area contributed by atoms with E-state index in [9.17, 15) is 4.79 Å². The van der Waals surface area contributed by atoms with E-state index in [1.54, 1.807) is 11.0 Å². The van der Waals surface area contributed by atoms with E-state index in [4.69, 9.17) is 4.74 Å². The Bertz CT molecular complexity index is 626. The summed E-state index contributed by atoms with van der Waals surface area (Å²) < 4.78 is 7.42. The Kier molecular flexibility index (Phi) is 6.22. The molecule has 8 nitrogen and oxygen atoms in total. The SMILES string of the molecule is O=C(NCCn1cncn1)N1CCN(CCOc2ccccc2)CC1. The number of urea groups is 1. The minimum Gasteiger partial charge on any atom is -0.492 e. The molecule has 2 amide bonds. The standard InChI is InChI=1S/C17H24N6O2/c24-17(19-6-7-23-15-18-14-20-23)22-10-8-21(9-11-22)12-13-25-16-4-2-1-3-5-16/h1-5,14-15H,6-13H2,(H,19,24). The second-order valence-corrected chi connectivity index (χ2v) is 5.88. The summed E-state index contributed by atoms with van der Waals surface area (Å²) in [5.74, 6) is 0.896. The van der Waals surface area contributed by atoms with Crippen LogP contribution < -0.4 is 10.1 Å². The molecule has 134 valence electrons. The Labute approximate surface area is 147 Å². The fourth-order valence-electron chi connectivity index (χ4n) is 2.72.